The topological polar surface area (TPSA) is 86.8 Å². The molecule has 0 aromatic heterocycles. The highest BCUT2D eigenvalue weighted by Gasteiger charge is 2.31. The van der Waals surface area contributed by atoms with Gasteiger partial charge in [-0.25, -0.2) is 12.8 Å². The Hall–Kier alpha value is -2.65. The highest BCUT2D eigenvalue weighted by molar-refractivity contribution is 7.92. The van der Waals surface area contributed by atoms with E-state index in [4.69, 9.17) is 11.6 Å². The van der Waals surface area contributed by atoms with Crippen molar-refractivity contribution < 1.29 is 22.4 Å². The summed E-state index contributed by atoms with van der Waals surface area (Å²) in [6, 6.07) is 10.3. The first-order valence-electron chi connectivity index (χ1n) is 13.1. The molecule has 0 radical (unpaired) electrons. The fourth-order valence-corrected chi connectivity index (χ4v) is 6.09. The molecule has 0 saturated heterocycles. The van der Waals surface area contributed by atoms with Crippen LogP contribution in [0.1, 0.15) is 63.0 Å². The van der Waals surface area contributed by atoms with Crippen LogP contribution in [0.4, 0.5) is 10.1 Å². The lowest BCUT2D eigenvalue weighted by Gasteiger charge is -2.32. The lowest BCUT2D eigenvalue weighted by atomic mass is 10.1. The number of carbonyl (C=O) groups is 2. The third-order valence-electron chi connectivity index (χ3n) is 6.95. The van der Waals surface area contributed by atoms with E-state index in [1.165, 1.54) is 21.3 Å². The van der Waals surface area contributed by atoms with Crippen LogP contribution in [0.25, 0.3) is 0 Å². The maximum atomic E-state index is 13.5. The molecular weight excluding hydrogens is 529 g/mol. The monoisotopic (exact) mass is 565 g/mol. The number of halogens is 2. The van der Waals surface area contributed by atoms with Crippen molar-refractivity contribution >= 4 is 39.1 Å². The van der Waals surface area contributed by atoms with Crippen molar-refractivity contribution in [2.24, 2.45) is 0 Å². The third kappa shape index (κ3) is 8.17. The summed E-state index contributed by atoms with van der Waals surface area (Å²) in [4.78, 5) is 28.3. The lowest BCUT2D eigenvalue weighted by molar-refractivity contribution is -0.141. The SMILES string of the molecule is CC[C@H](C(=O)NC1CCCC1)N(Cc1ccc(F)cc1)C(=O)CCCN(c1cc(Cl)ccc1C)S(C)(=O)=O. The second-order valence-electron chi connectivity index (χ2n) is 9.93. The fraction of sp³-hybridized carbons (Fsp3) is 0.500. The van der Waals surface area contributed by atoms with E-state index in [2.05, 4.69) is 5.32 Å². The Morgan fingerprint density at radius 1 is 1.13 bits per heavy atom. The van der Waals surface area contributed by atoms with Crippen LogP contribution in [0, 0.1) is 12.7 Å². The minimum atomic E-state index is -3.63. The van der Waals surface area contributed by atoms with Gasteiger partial charge >= 0.3 is 0 Å². The van der Waals surface area contributed by atoms with E-state index < -0.39 is 16.1 Å². The quantitative estimate of drug-likeness (QED) is 0.383. The van der Waals surface area contributed by atoms with E-state index in [1.807, 2.05) is 6.92 Å². The number of nitrogens with one attached hydrogen (secondary N) is 1. The molecule has 3 rings (SSSR count). The predicted molar refractivity (Wildman–Crippen MR) is 149 cm³/mol. The van der Waals surface area contributed by atoms with Gasteiger partial charge in [0.15, 0.2) is 0 Å². The van der Waals surface area contributed by atoms with Gasteiger partial charge in [-0.2, -0.15) is 0 Å². The largest absolute Gasteiger partial charge is 0.352 e. The molecule has 1 N–H and O–H groups in total. The summed E-state index contributed by atoms with van der Waals surface area (Å²) in [6.07, 6.45) is 5.83. The van der Waals surface area contributed by atoms with Crippen LogP contribution in [0.3, 0.4) is 0 Å². The third-order valence-corrected chi connectivity index (χ3v) is 8.36. The lowest BCUT2D eigenvalue weighted by Crippen LogP contribution is -2.51. The first kappa shape index (κ1) is 29.9. The van der Waals surface area contributed by atoms with Crippen LogP contribution in [-0.4, -0.2) is 50.0 Å². The van der Waals surface area contributed by atoms with Crippen molar-refractivity contribution in [1.29, 1.82) is 0 Å². The van der Waals surface area contributed by atoms with E-state index >= 15 is 0 Å². The van der Waals surface area contributed by atoms with Gasteiger partial charge in [-0.3, -0.25) is 13.9 Å². The van der Waals surface area contributed by atoms with Gasteiger partial charge in [-0.1, -0.05) is 49.6 Å². The minimum Gasteiger partial charge on any atom is -0.352 e. The number of sulfonamides is 1. The number of hydrogen-bond donors (Lipinski definition) is 1. The van der Waals surface area contributed by atoms with Crippen LogP contribution in [0.2, 0.25) is 5.02 Å². The molecule has 7 nitrogen and oxygen atoms in total. The highest BCUT2D eigenvalue weighted by atomic mass is 35.5. The summed E-state index contributed by atoms with van der Waals surface area (Å²) >= 11 is 6.12. The van der Waals surface area contributed by atoms with Gasteiger partial charge in [-0.05, 0) is 68.0 Å². The van der Waals surface area contributed by atoms with Gasteiger partial charge in [-0.15, -0.1) is 0 Å². The summed E-state index contributed by atoms with van der Waals surface area (Å²) in [5.41, 5.74) is 1.93. The first-order valence-corrected chi connectivity index (χ1v) is 15.3. The fourth-order valence-electron chi connectivity index (χ4n) is 4.91. The number of aryl methyl sites for hydroxylation is 1. The molecule has 10 heteroatoms. The Labute approximate surface area is 230 Å². The van der Waals surface area contributed by atoms with Crippen molar-refractivity contribution in [3.8, 4) is 0 Å². The Bertz CT molecular complexity index is 1220. The molecule has 0 heterocycles. The van der Waals surface area contributed by atoms with Crippen molar-refractivity contribution in [3.63, 3.8) is 0 Å². The molecule has 1 aliphatic rings. The molecule has 208 valence electrons. The van der Waals surface area contributed by atoms with Crippen LogP contribution in [0.5, 0.6) is 0 Å². The van der Waals surface area contributed by atoms with Gasteiger partial charge < -0.3 is 10.2 Å². The van der Waals surface area contributed by atoms with Crippen LogP contribution >= 0.6 is 11.6 Å². The normalized spacial score (nSPS) is 14.8. The average Bonchev–Trinajstić information content (AvgIpc) is 3.36. The summed E-state index contributed by atoms with van der Waals surface area (Å²) < 4.78 is 39.9. The van der Waals surface area contributed by atoms with Crippen LogP contribution < -0.4 is 9.62 Å². The standard InChI is InChI=1S/C28H37ClFN3O4S/c1-4-25(28(35)31-24-8-5-6-9-24)32(19-21-12-15-23(30)16-13-21)27(34)10-7-17-33(38(3,36)37)26-18-22(29)14-11-20(26)2/h11-16,18,24-25H,4-10,17,19H2,1-3H3,(H,31,35)/t25-/m1/s1. The van der Waals surface area contributed by atoms with Crippen molar-refractivity contribution in [2.45, 2.75) is 77.4 Å². The molecule has 1 atom stereocenters. The number of hydrogen-bond acceptors (Lipinski definition) is 4. The zero-order chi connectivity index (χ0) is 27.9. The molecule has 1 fully saturated rings. The Morgan fingerprint density at radius 2 is 1.79 bits per heavy atom. The summed E-state index contributed by atoms with van der Waals surface area (Å²) in [6.45, 7) is 3.89. The first-order chi connectivity index (χ1) is 18.0. The van der Waals surface area contributed by atoms with Gasteiger partial charge in [0, 0.05) is 30.6 Å². The molecule has 1 aliphatic carbocycles. The molecule has 0 spiro atoms. The highest BCUT2D eigenvalue weighted by Crippen LogP contribution is 2.27. The van der Waals surface area contributed by atoms with Crippen LogP contribution in [-0.2, 0) is 26.2 Å². The maximum Gasteiger partial charge on any atom is 0.243 e. The number of rotatable bonds is 12. The van der Waals surface area contributed by atoms with Gasteiger partial charge in [0.2, 0.25) is 21.8 Å². The molecule has 2 aromatic carbocycles. The van der Waals surface area contributed by atoms with Crippen molar-refractivity contribution in [2.75, 3.05) is 17.1 Å². The number of anilines is 1. The van der Waals surface area contributed by atoms with Gasteiger partial charge in [0.25, 0.3) is 0 Å². The molecule has 0 bridgehead atoms. The predicted octanol–water partition coefficient (Wildman–Crippen LogP) is 5.20. The minimum absolute atomic E-state index is 0.0417. The summed E-state index contributed by atoms with van der Waals surface area (Å²) in [7, 11) is -3.63. The molecular formula is C28H37ClFN3O4S. The Morgan fingerprint density at radius 3 is 2.39 bits per heavy atom. The second kappa shape index (κ2) is 13.4. The number of amides is 2. The Balaban J connectivity index is 1.77. The molecule has 1 saturated carbocycles. The average molecular weight is 566 g/mol. The summed E-state index contributed by atoms with van der Waals surface area (Å²) in [5, 5.41) is 3.51. The second-order valence-corrected chi connectivity index (χ2v) is 12.3. The van der Waals surface area contributed by atoms with Crippen LogP contribution in [0.15, 0.2) is 42.5 Å². The molecule has 38 heavy (non-hydrogen) atoms. The number of benzene rings is 2. The smallest absolute Gasteiger partial charge is 0.243 e. The molecule has 2 amide bonds. The molecule has 2 aromatic rings. The van der Waals surface area contributed by atoms with Crippen molar-refractivity contribution in [1.82, 2.24) is 10.2 Å². The molecule has 0 aliphatic heterocycles. The number of nitrogens with zero attached hydrogens (tertiary/aromatic N) is 2. The zero-order valence-corrected chi connectivity index (χ0v) is 23.8. The van der Waals surface area contributed by atoms with Crippen molar-refractivity contribution in [3.05, 3.63) is 64.4 Å². The maximum absolute atomic E-state index is 13.5. The van der Waals surface area contributed by atoms with E-state index in [0.717, 1.165) is 37.5 Å². The van der Waals surface area contributed by atoms with E-state index in [-0.39, 0.29) is 49.6 Å². The van der Waals surface area contributed by atoms with Gasteiger partial charge in [0.05, 0.1) is 11.9 Å². The van der Waals surface area contributed by atoms with E-state index in [1.54, 1.807) is 37.3 Å². The Kier molecular flexibility index (Phi) is 10.6. The molecule has 0 unspecified atom stereocenters. The zero-order valence-electron chi connectivity index (χ0n) is 22.3. The van der Waals surface area contributed by atoms with E-state index in [9.17, 15) is 22.4 Å². The van der Waals surface area contributed by atoms with E-state index in [0.29, 0.717) is 22.7 Å². The van der Waals surface area contributed by atoms with Gasteiger partial charge in [0.1, 0.15) is 11.9 Å². The number of carbonyl (C=O) groups excluding carboxylic acids is 2. The summed E-state index contributed by atoms with van der Waals surface area (Å²) in [5.74, 6) is -0.837.